The minimum absolute atomic E-state index is 0.162. The van der Waals surface area contributed by atoms with Crippen LogP contribution in [0.15, 0.2) is 35.1 Å². The van der Waals surface area contributed by atoms with E-state index in [0.29, 0.717) is 17.7 Å². The van der Waals surface area contributed by atoms with Gasteiger partial charge in [-0.3, -0.25) is 9.78 Å². The summed E-state index contributed by atoms with van der Waals surface area (Å²) in [5.74, 6) is 0.162. The number of hydrogen-bond acceptors (Lipinski definition) is 3. The Bertz CT molecular complexity index is 697. The van der Waals surface area contributed by atoms with E-state index >= 15 is 0 Å². The molecule has 0 saturated carbocycles. The molecule has 0 amide bonds. The van der Waals surface area contributed by atoms with Gasteiger partial charge in [0.1, 0.15) is 0 Å². The van der Waals surface area contributed by atoms with Crippen LogP contribution in [0.25, 0.3) is 5.57 Å². The Morgan fingerprint density at radius 1 is 1.30 bits per heavy atom. The summed E-state index contributed by atoms with van der Waals surface area (Å²) >= 11 is 0. The molecule has 0 saturated heterocycles. The summed E-state index contributed by atoms with van der Waals surface area (Å²) in [6, 6.07) is 8.32. The zero-order chi connectivity index (χ0) is 14.7. The monoisotopic (exact) mass is 269 g/mol. The van der Waals surface area contributed by atoms with Gasteiger partial charge in [-0.25, -0.2) is 4.98 Å². The van der Waals surface area contributed by atoms with Crippen molar-refractivity contribution in [2.24, 2.45) is 0 Å². The second kappa shape index (κ2) is 5.74. The Balaban J connectivity index is 2.25. The van der Waals surface area contributed by atoms with Gasteiger partial charge in [0.2, 0.25) is 5.95 Å². The van der Waals surface area contributed by atoms with E-state index in [-0.39, 0.29) is 11.5 Å². The van der Waals surface area contributed by atoms with Crippen LogP contribution in [0.5, 0.6) is 0 Å². The van der Waals surface area contributed by atoms with Crippen molar-refractivity contribution in [1.82, 2.24) is 9.97 Å². The normalized spacial score (nSPS) is 11.7. The molecule has 3 N–H and O–H groups in total. The van der Waals surface area contributed by atoms with Gasteiger partial charge in [0.25, 0.3) is 5.56 Å². The number of aromatic nitrogens is 2. The third-order valence-corrected chi connectivity index (χ3v) is 3.36. The van der Waals surface area contributed by atoms with Crippen molar-refractivity contribution in [1.29, 1.82) is 0 Å². The zero-order valence-electron chi connectivity index (χ0n) is 12.0. The molecule has 0 fully saturated rings. The first-order chi connectivity index (χ1) is 9.47. The molecular weight excluding hydrogens is 250 g/mol. The van der Waals surface area contributed by atoms with Gasteiger partial charge in [-0.05, 0) is 38.3 Å². The molecule has 2 aromatic rings. The molecule has 0 radical (unpaired) electrons. The summed E-state index contributed by atoms with van der Waals surface area (Å²) < 4.78 is 0. The van der Waals surface area contributed by atoms with Gasteiger partial charge >= 0.3 is 0 Å². The molecular formula is C16H19N3O. The second-order valence-electron chi connectivity index (χ2n) is 4.97. The van der Waals surface area contributed by atoms with Crippen molar-refractivity contribution in [3.63, 3.8) is 0 Å². The Kier molecular flexibility index (Phi) is 4.03. The van der Waals surface area contributed by atoms with Gasteiger partial charge in [-0.1, -0.05) is 35.9 Å². The van der Waals surface area contributed by atoms with E-state index in [1.54, 1.807) is 6.92 Å². The van der Waals surface area contributed by atoms with Crippen molar-refractivity contribution < 1.29 is 0 Å². The molecule has 1 aromatic carbocycles. The van der Waals surface area contributed by atoms with Gasteiger partial charge in [-0.15, -0.1) is 0 Å². The lowest BCUT2D eigenvalue weighted by Crippen LogP contribution is -2.18. The fraction of sp³-hybridized carbons (Fsp3) is 0.250. The number of nitrogens with zero attached hydrogens (tertiary/aromatic N) is 1. The van der Waals surface area contributed by atoms with Crippen LogP contribution in [0.4, 0.5) is 5.95 Å². The maximum absolute atomic E-state index is 11.8. The molecule has 4 heteroatoms. The molecule has 1 aromatic heterocycles. The number of hydrogen-bond donors (Lipinski definition) is 2. The number of H-pyrrole nitrogens is 1. The molecule has 0 bridgehead atoms. The molecule has 0 aliphatic heterocycles. The van der Waals surface area contributed by atoms with Crippen LogP contribution in [0, 0.1) is 13.8 Å². The molecule has 104 valence electrons. The van der Waals surface area contributed by atoms with E-state index in [4.69, 9.17) is 5.73 Å². The SMILES string of the molecule is C/C(=C\Cc1c(C)nc(N)[nH]c1=O)c1ccc(C)cc1. The summed E-state index contributed by atoms with van der Waals surface area (Å²) in [7, 11) is 0. The summed E-state index contributed by atoms with van der Waals surface area (Å²) in [5.41, 5.74) is 10.2. The largest absolute Gasteiger partial charge is 0.369 e. The standard InChI is InChI=1S/C16H19N3O/c1-10-4-7-13(8-5-10)11(2)6-9-14-12(3)18-16(17)19-15(14)20/h4-8H,9H2,1-3H3,(H3,17,18,19,20)/b11-6+. The number of benzene rings is 1. The molecule has 0 spiro atoms. The third-order valence-electron chi connectivity index (χ3n) is 3.36. The molecule has 2 rings (SSSR count). The summed E-state index contributed by atoms with van der Waals surface area (Å²) in [5, 5.41) is 0. The van der Waals surface area contributed by atoms with Crippen LogP contribution in [0.2, 0.25) is 0 Å². The molecule has 20 heavy (non-hydrogen) atoms. The molecule has 1 heterocycles. The predicted molar refractivity (Wildman–Crippen MR) is 82.5 cm³/mol. The quantitative estimate of drug-likeness (QED) is 0.899. The average molecular weight is 269 g/mol. The van der Waals surface area contributed by atoms with Crippen molar-refractivity contribution in [2.45, 2.75) is 27.2 Å². The van der Waals surface area contributed by atoms with Gasteiger partial charge in [0.15, 0.2) is 0 Å². The predicted octanol–water partition coefficient (Wildman–Crippen LogP) is 2.61. The van der Waals surface area contributed by atoms with E-state index in [2.05, 4.69) is 41.2 Å². The lowest BCUT2D eigenvalue weighted by Gasteiger charge is -2.05. The highest BCUT2D eigenvalue weighted by Crippen LogP contribution is 2.15. The lowest BCUT2D eigenvalue weighted by atomic mass is 10.0. The Morgan fingerprint density at radius 2 is 1.95 bits per heavy atom. The minimum Gasteiger partial charge on any atom is -0.369 e. The highest BCUT2D eigenvalue weighted by Gasteiger charge is 2.05. The number of aromatic amines is 1. The Labute approximate surface area is 118 Å². The van der Waals surface area contributed by atoms with E-state index in [1.807, 2.05) is 13.0 Å². The first kappa shape index (κ1) is 14.1. The van der Waals surface area contributed by atoms with Crippen LogP contribution >= 0.6 is 0 Å². The van der Waals surface area contributed by atoms with Crippen molar-refractivity contribution >= 4 is 11.5 Å². The smallest absolute Gasteiger partial charge is 0.256 e. The van der Waals surface area contributed by atoms with Crippen LogP contribution in [0.3, 0.4) is 0 Å². The number of anilines is 1. The number of nitrogens with two attached hydrogens (primary N) is 1. The number of rotatable bonds is 3. The van der Waals surface area contributed by atoms with Gasteiger partial charge < -0.3 is 5.73 Å². The summed E-state index contributed by atoms with van der Waals surface area (Å²) in [6.07, 6.45) is 2.59. The Hall–Kier alpha value is -2.36. The maximum atomic E-state index is 11.8. The van der Waals surface area contributed by atoms with Crippen molar-refractivity contribution in [3.8, 4) is 0 Å². The van der Waals surface area contributed by atoms with Crippen LogP contribution in [-0.4, -0.2) is 9.97 Å². The number of aryl methyl sites for hydroxylation is 2. The van der Waals surface area contributed by atoms with Crippen molar-refractivity contribution in [3.05, 3.63) is 63.1 Å². The number of allylic oxidation sites excluding steroid dienone is 2. The Morgan fingerprint density at radius 3 is 2.55 bits per heavy atom. The van der Waals surface area contributed by atoms with E-state index < -0.39 is 0 Å². The fourth-order valence-corrected chi connectivity index (χ4v) is 2.06. The number of nitrogen functional groups attached to an aromatic ring is 1. The third kappa shape index (κ3) is 3.15. The van der Waals surface area contributed by atoms with E-state index in [0.717, 1.165) is 11.1 Å². The first-order valence-electron chi connectivity index (χ1n) is 6.56. The highest BCUT2D eigenvalue weighted by atomic mass is 16.1. The topological polar surface area (TPSA) is 71.8 Å². The second-order valence-corrected chi connectivity index (χ2v) is 4.97. The number of nitrogens with one attached hydrogen (secondary N) is 1. The van der Waals surface area contributed by atoms with E-state index in [1.165, 1.54) is 5.56 Å². The summed E-state index contributed by atoms with van der Waals surface area (Å²) in [6.45, 7) is 5.90. The molecule has 4 nitrogen and oxygen atoms in total. The average Bonchev–Trinajstić information content (AvgIpc) is 2.38. The fourth-order valence-electron chi connectivity index (χ4n) is 2.06. The zero-order valence-corrected chi connectivity index (χ0v) is 12.0. The van der Waals surface area contributed by atoms with Gasteiger partial charge in [-0.2, -0.15) is 0 Å². The highest BCUT2D eigenvalue weighted by molar-refractivity contribution is 5.64. The molecule has 0 atom stereocenters. The molecule has 0 aliphatic carbocycles. The van der Waals surface area contributed by atoms with Crippen LogP contribution in [0.1, 0.15) is 29.3 Å². The van der Waals surface area contributed by atoms with E-state index in [9.17, 15) is 4.79 Å². The molecule has 0 unspecified atom stereocenters. The van der Waals surface area contributed by atoms with Crippen LogP contribution < -0.4 is 11.3 Å². The van der Waals surface area contributed by atoms with Crippen molar-refractivity contribution in [2.75, 3.05) is 5.73 Å². The summed E-state index contributed by atoms with van der Waals surface area (Å²) in [4.78, 5) is 18.5. The first-order valence-corrected chi connectivity index (χ1v) is 6.56. The lowest BCUT2D eigenvalue weighted by molar-refractivity contribution is 1.00. The van der Waals surface area contributed by atoms with Gasteiger partial charge in [0, 0.05) is 5.56 Å². The van der Waals surface area contributed by atoms with Gasteiger partial charge in [0.05, 0.1) is 5.69 Å². The minimum atomic E-state index is -0.164. The molecule has 0 aliphatic rings. The maximum Gasteiger partial charge on any atom is 0.256 e. The van der Waals surface area contributed by atoms with Crippen LogP contribution in [-0.2, 0) is 6.42 Å².